The Balaban J connectivity index is 1.80. The van der Waals surface area contributed by atoms with Crippen molar-refractivity contribution in [3.63, 3.8) is 0 Å². The summed E-state index contributed by atoms with van der Waals surface area (Å²) in [7, 11) is -2.82. The second kappa shape index (κ2) is 4.73. The fourth-order valence-corrected chi connectivity index (χ4v) is 4.03. The van der Waals surface area contributed by atoms with Crippen molar-refractivity contribution in [3.05, 3.63) is 0 Å². The molecular weight excluding hydrogens is 226 g/mol. The minimum absolute atomic E-state index is 0.0802. The second-order valence-corrected chi connectivity index (χ2v) is 7.22. The van der Waals surface area contributed by atoms with E-state index in [1.54, 1.807) is 0 Å². The van der Waals surface area contributed by atoms with E-state index in [-0.39, 0.29) is 29.4 Å². The van der Waals surface area contributed by atoms with Crippen LogP contribution in [-0.2, 0) is 14.6 Å². The predicted molar refractivity (Wildman–Crippen MR) is 61.8 cm³/mol. The standard InChI is InChI=1S/C11H19NO3S/c13-11(9-3-1-2-4-9)12-10-5-7-16(14,15)8-6-10/h9-10H,1-8H2,(H,12,13). The number of hydrogen-bond acceptors (Lipinski definition) is 3. The van der Waals surface area contributed by atoms with E-state index < -0.39 is 9.84 Å². The first kappa shape index (κ1) is 11.9. The number of rotatable bonds is 2. The summed E-state index contributed by atoms with van der Waals surface area (Å²) in [6, 6.07) is 0.0802. The van der Waals surface area contributed by atoms with E-state index in [4.69, 9.17) is 0 Å². The van der Waals surface area contributed by atoms with Crippen LogP contribution in [0, 0.1) is 5.92 Å². The highest BCUT2D eigenvalue weighted by Gasteiger charge is 2.28. The molecule has 1 saturated carbocycles. The van der Waals surface area contributed by atoms with Crippen LogP contribution in [-0.4, -0.2) is 31.9 Å². The van der Waals surface area contributed by atoms with Gasteiger partial charge >= 0.3 is 0 Å². The third-order valence-corrected chi connectivity index (χ3v) is 5.34. The average molecular weight is 245 g/mol. The number of carbonyl (C=O) groups is 1. The molecule has 0 radical (unpaired) electrons. The van der Waals surface area contributed by atoms with Crippen LogP contribution >= 0.6 is 0 Å². The lowest BCUT2D eigenvalue weighted by atomic mass is 10.1. The van der Waals surface area contributed by atoms with Gasteiger partial charge in [0.1, 0.15) is 9.84 Å². The molecule has 1 aliphatic carbocycles. The van der Waals surface area contributed by atoms with Crippen LogP contribution in [0.5, 0.6) is 0 Å². The summed E-state index contributed by atoms with van der Waals surface area (Å²) in [5, 5.41) is 3.00. The number of nitrogens with one attached hydrogen (secondary N) is 1. The summed E-state index contributed by atoms with van der Waals surface area (Å²) in [6.07, 6.45) is 5.46. The van der Waals surface area contributed by atoms with Crippen molar-refractivity contribution in [2.45, 2.75) is 44.6 Å². The van der Waals surface area contributed by atoms with Gasteiger partial charge in [-0.2, -0.15) is 0 Å². The van der Waals surface area contributed by atoms with Gasteiger partial charge in [0.2, 0.25) is 5.91 Å². The second-order valence-electron chi connectivity index (χ2n) is 4.92. The van der Waals surface area contributed by atoms with Gasteiger partial charge in [0, 0.05) is 12.0 Å². The molecule has 0 atom stereocenters. The third-order valence-electron chi connectivity index (χ3n) is 3.63. The van der Waals surface area contributed by atoms with Gasteiger partial charge in [-0.25, -0.2) is 8.42 Å². The zero-order valence-corrected chi connectivity index (χ0v) is 10.3. The molecule has 0 unspecified atom stereocenters. The molecule has 2 fully saturated rings. The summed E-state index contributed by atoms with van der Waals surface area (Å²) in [6.45, 7) is 0. The first-order chi connectivity index (χ1) is 7.57. The first-order valence-electron chi connectivity index (χ1n) is 6.08. The highest BCUT2D eigenvalue weighted by molar-refractivity contribution is 7.91. The van der Waals surface area contributed by atoms with Crippen LogP contribution < -0.4 is 5.32 Å². The minimum Gasteiger partial charge on any atom is -0.353 e. The molecule has 1 aliphatic heterocycles. The molecule has 1 heterocycles. The van der Waals surface area contributed by atoms with E-state index in [1.165, 1.54) is 0 Å². The van der Waals surface area contributed by atoms with Gasteiger partial charge in [0.25, 0.3) is 0 Å². The Bertz CT molecular complexity index is 343. The van der Waals surface area contributed by atoms with Gasteiger partial charge < -0.3 is 5.32 Å². The van der Waals surface area contributed by atoms with Crippen LogP contribution in [0.15, 0.2) is 0 Å². The highest BCUT2D eigenvalue weighted by Crippen LogP contribution is 2.25. The largest absolute Gasteiger partial charge is 0.353 e. The quantitative estimate of drug-likeness (QED) is 0.785. The molecule has 5 heteroatoms. The van der Waals surface area contributed by atoms with Gasteiger partial charge in [0.05, 0.1) is 11.5 Å². The van der Waals surface area contributed by atoms with E-state index in [1.807, 2.05) is 0 Å². The normalized spacial score (nSPS) is 26.8. The molecule has 1 amide bonds. The molecule has 0 aromatic carbocycles. The van der Waals surface area contributed by atoms with Crippen molar-refractivity contribution in [3.8, 4) is 0 Å². The lowest BCUT2D eigenvalue weighted by Crippen LogP contribution is -2.42. The molecule has 1 N–H and O–H groups in total. The summed E-state index contributed by atoms with van der Waals surface area (Å²) in [5.74, 6) is 0.769. The fourth-order valence-electron chi connectivity index (χ4n) is 2.54. The molecule has 2 rings (SSSR count). The van der Waals surface area contributed by atoms with Gasteiger partial charge in [-0.1, -0.05) is 12.8 Å². The summed E-state index contributed by atoms with van der Waals surface area (Å²) >= 11 is 0. The molecule has 16 heavy (non-hydrogen) atoms. The van der Waals surface area contributed by atoms with E-state index in [2.05, 4.69) is 5.32 Å². The number of carbonyl (C=O) groups excluding carboxylic acids is 1. The molecule has 92 valence electrons. The first-order valence-corrected chi connectivity index (χ1v) is 7.90. The van der Waals surface area contributed by atoms with Crippen LogP contribution in [0.3, 0.4) is 0 Å². The minimum atomic E-state index is -2.82. The fraction of sp³-hybridized carbons (Fsp3) is 0.909. The van der Waals surface area contributed by atoms with Crippen molar-refractivity contribution >= 4 is 15.7 Å². The maximum atomic E-state index is 11.8. The van der Waals surface area contributed by atoms with Crippen molar-refractivity contribution in [1.29, 1.82) is 0 Å². The Kier molecular flexibility index (Phi) is 3.52. The highest BCUT2D eigenvalue weighted by atomic mass is 32.2. The van der Waals surface area contributed by atoms with Crippen LogP contribution in [0.1, 0.15) is 38.5 Å². The molecule has 0 aromatic rings. The van der Waals surface area contributed by atoms with Crippen molar-refractivity contribution in [2.24, 2.45) is 5.92 Å². The Morgan fingerprint density at radius 2 is 1.56 bits per heavy atom. The van der Waals surface area contributed by atoms with E-state index >= 15 is 0 Å². The lowest BCUT2D eigenvalue weighted by Gasteiger charge is -2.24. The van der Waals surface area contributed by atoms with Gasteiger partial charge in [-0.15, -0.1) is 0 Å². The maximum absolute atomic E-state index is 11.8. The molecule has 2 aliphatic rings. The molecule has 4 nitrogen and oxygen atoms in total. The maximum Gasteiger partial charge on any atom is 0.223 e. The number of sulfone groups is 1. The van der Waals surface area contributed by atoms with Crippen LogP contribution in [0.25, 0.3) is 0 Å². The van der Waals surface area contributed by atoms with Gasteiger partial charge in [0.15, 0.2) is 0 Å². The van der Waals surface area contributed by atoms with Crippen molar-refractivity contribution in [1.82, 2.24) is 5.32 Å². The Morgan fingerprint density at radius 3 is 2.12 bits per heavy atom. The van der Waals surface area contributed by atoms with Crippen LogP contribution in [0.4, 0.5) is 0 Å². The van der Waals surface area contributed by atoms with Gasteiger partial charge in [-0.3, -0.25) is 4.79 Å². The molecular formula is C11H19NO3S. The number of amides is 1. The predicted octanol–water partition coefficient (Wildman–Crippen LogP) is 0.870. The molecule has 0 aromatic heterocycles. The van der Waals surface area contributed by atoms with E-state index in [0.29, 0.717) is 12.8 Å². The van der Waals surface area contributed by atoms with E-state index in [9.17, 15) is 13.2 Å². The Morgan fingerprint density at radius 1 is 1.00 bits per heavy atom. The van der Waals surface area contributed by atoms with Crippen molar-refractivity contribution < 1.29 is 13.2 Å². The molecule has 0 spiro atoms. The average Bonchev–Trinajstić information content (AvgIpc) is 2.74. The summed E-state index contributed by atoms with van der Waals surface area (Å²) < 4.78 is 22.5. The monoisotopic (exact) mass is 245 g/mol. The Labute approximate surface area is 96.7 Å². The molecule has 0 bridgehead atoms. The summed E-state index contributed by atoms with van der Waals surface area (Å²) in [5.41, 5.74) is 0. The van der Waals surface area contributed by atoms with Crippen LogP contribution in [0.2, 0.25) is 0 Å². The SMILES string of the molecule is O=C(NC1CCS(=O)(=O)CC1)C1CCCC1. The smallest absolute Gasteiger partial charge is 0.223 e. The Hall–Kier alpha value is -0.580. The molecule has 1 saturated heterocycles. The van der Waals surface area contributed by atoms with Gasteiger partial charge in [-0.05, 0) is 25.7 Å². The zero-order valence-electron chi connectivity index (χ0n) is 9.44. The third kappa shape index (κ3) is 2.97. The topological polar surface area (TPSA) is 63.2 Å². The van der Waals surface area contributed by atoms with Crippen molar-refractivity contribution in [2.75, 3.05) is 11.5 Å². The summed E-state index contributed by atoms with van der Waals surface area (Å²) in [4.78, 5) is 11.8. The lowest BCUT2D eigenvalue weighted by molar-refractivity contribution is -0.125. The van der Waals surface area contributed by atoms with E-state index in [0.717, 1.165) is 25.7 Å². The number of hydrogen-bond donors (Lipinski definition) is 1. The zero-order chi connectivity index (χ0) is 11.6.